The zero-order valence-corrected chi connectivity index (χ0v) is 9.53. The van der Waals surface area contributed by atoms with Gasteiger partial charge in [-0.2, -0.15) is 0 Å². The molecule has 3 nitrogen and oxygen atoms in total. The number of hydrogen-bond acceptors (Lipinski definition) is 2. The lowest BCUT2D eigenvalue weighted by Gasteiger charge is -2.24. The standard InChI is InChI=1S/C11H22O3/c1-5-7(2)6-8(3)10(12)9(4)11(13)14/h7-10,12H,5-6H2,1-4H3,(H,13,14). The summed E-state index contributed by atoms with van der Waals surface area (Å²) in [6, 6.07) is 0. The van der Waals surface area contributed by atoms with Gasteiger partial charge in [0.2, 0.25) is 0 Å². The molecule has 0 aliphatic rings. The second-order valence-corrected chi connectivity index (χ2v) is 4.34. The van der Waals surface area contributed by atoms with E-state index >= 15 is 0 Å². The molecule has 0 rings (SSSR count). The molecule has 4 unspecified atom stereocenters. The molecule has 0 spiro atoms. The van der Waals surface area contributed by atoms with Crippen molar-refractivity contribution in [1.29, 1.82) is 0 Å². The first-order chi connectivity index (χ1) is 6.40. The van der Waals surface area contributed by atoms with Crippen molar-refractivity contribution in [3.8, 4) is 0 Å². The molecule has 0 saturated heterocycles. The normalized spacial score (nSPS) is 19.8. The molecule has 14 heavy (non-hydrogen) atoms. The number of aliphatic hydroxyl groups is 1. The van der Waals surface area contributed by atoms with Gasteiger partial charge in [0.15, 0.2) is 0 Å². The fraction of sp³-hybridized carbons (Fsp3) is 0.909. The first-order valence-electron chi connectivity index (χ1n) is 5.31. The van der Waals surface area contributed by atoms with Crippen molar-refractivity contribution in [2.45, 2.75) is 46.6 Å². The molecular weight excluding hydrogens is 180 g/mol. The molecule has 2 N–H and O–H groups in total. The molecule has 84 valence electrons. The lowest BCUT2D eigenvalue weighted by atomic mass is 9.86. The molecule has 0 radical (unpaired) electrons. The van der Waals surface area contributed by atoms with Gasteiger partial charge < -0.3 is 10.2 Å². The van der Waals surface area contributed by atoms with Gasteiger partial charge in [0.05, 0.1) is 12.0 Å². The van der Waals surface area contributed by atoms with Gasteiger partial charge in [0, 0.05) is 0 Å². The number of aliphatic hydroxyl groups excluding tert-OH is 1. The molecule has 0 heterocycles. The highest BCUT2D eigenvalue weighted by molar-refractivity contribution is 5.70. The molecule has 0 bridgehead atoms. The van der Waals surface area contributed by atoms with Crippen LogP contribution < -0.4 is 0 Å². The smallest absolute Gasteiger partial charge is 0.308 e. The number of aliphatic carboxylic acids is 1. The first-order valence-corrected chi connectivity index (χ1v) is 5.31. The molecule has 0 aliphatic carbocycles. The molecule has 0 amide bonds. The molecule has 4 atom stereocenters. The van der Waals surface area contributed by atoms with Crippen LogP contribution in [0.2, 0.25) is 0 Å². The SMILES string of the molecule is CCC(C)CC(C)C(O)C(C)C(=O)O. The third-order valence-corrected chi connectivity index (χ3v) is 2.96. The predicted octanol–water partition coefficient (Wildman–Crippen LogP) is 2.14. The quantitative estimate of drug-likeness (QED) is 0.693. The van der Waals surface area contributed by atoms with E-state index in [1.54, 1.807) is 6.92 Å². The summed E-state index contributed by atoms with van der Waals surface area (Å²) < 4.78 is 0. The third kappa shape index (κ3) is 4.09. The minimum atomic E-state index is -0.923. The number of hydrogen-bond donors (Lipinski definition) is 2. The van der Waals surface area contributed by atoms with Gasteiger partial charge in [-0.1, -0.05) is 27.2 Å². The molecule has 0 aromatic rings. The highest BCUT2D eigenvalue weighted by Gasteiger charge is 2.26. The fourth-order valence-corrected chi connectivity index (χ4v) is 1.58. The van der Waals surface area contributed by atoms with Gasteiger partial charge in [-0.25, -0.2) is 0 Å². The number of rotatable bonds is 6. The average Bonchev–Trinajstić information content (AvgIpc) is 2.14. The van der Waals surface area contributed by atoms with Crippen LogP contribution in [-0.4, -0.2) is 22.3 Å². The van der Waals surface area contributed by atoms with Crippen molar-refractivity contribution in [2.24, 2.45) is 17.8 Å². The molecular formula is C11H22O3. The average molecular weight is 202 g/mol. The van der Waals surface area contributed by atoms with Gasteiger partial charge in [-0.15, -0.1) is 0 Å². The Morgan fingerprint density at radius 2 is 1.79 bits per heavy atom. The van der Waals surface area contributed by atoms with Crippen LogP contribution in [0.5, 0.6) is 0 Å². The van der Waals surface area contributed by atoms with E-state index in [0.29, 0.717) is 5.92 Å². The topological polar surface area (TPSA) is 57.5 Å². The van der Waals surface area contributed by atoms with Crippen LogP contribution in [0.3, 0.4) is 0 Å². The van der Waals surface area contributed by atoms with Gasteiger partial charge in [-0.3, -0.25) is 4.79 Å². The van der Waals surface area contributed by atoms with Crippen molar-refractivity contribution in [3.63, 3.8) is 0 Å². The summed E-state index contributed by atoms with van der Waals surface area (Å²) >= 11 is 0. The monoisotopic (exact) mass is 202 g/mol. The van der Waals surface area contributed by atoms with Crippen molar-refractivity contribution >= 4 is 5.97 Å². The summed E-state index contributed by atoms with van der Waals surface area (Å²) in [5.41, 5.74) is 0. The maximum atomic E-state index is 10.6. The first kappa shape index (κ1) is 13.4. The van der Waals surface area contributed by atoms with Crippen LogP contribution in [0.4, 0.5) is 0 Å². The van der Waals surface area contributed by atoms with Gasteiger partial charge in [0.1, 0.15) is 0 Å². The Labute approximate surface area is 86.1 Å². The van der Waals surface area contributed by atoms with Crippen molar-refractivity contribution in [2.75, 3.05) is 0 Å². The summed E-state index contributed by atoms with van der Waals surface area (Å²) in [7, 11) is 0. The summed E-state index contributed by atoms with van der Waals surface area (Å²) in [4.78, 5) is 10.6. The Bertz CT molecular complexity index is 179. The Balaban J connectivity index is 4.10. The minimum absolute atomic E-state index is 0.0519. The third-order valence-electron chi connectivity index (χ3n) is 2.96. The van der Waals surface area contributed by atoms with Crippen molar-refractivity contribution in [1.82, 2.24) is 0 Å². The largest absolute Gasteiger partial charge is 0.481 e. The maximum Gasteiger partial charge on any atom is 0.308 e. The number of carboxylic acids is 1. The Kier molecular flexibility index (Phi) is 5.77. The summed E-state index contributed by atoms with van der Waals surface area (Å²) in [5.74, 6) is -1.00. The van der Waals surface area contributed by atoms with E-state index in [1.165, 1.54) is 0 Å². The van der Waals surface area contributed by atoms with Crippen LogP contribution >= 0.6 is 0 Å². The van der Waals surface area contributed by atoms with E-state index in [2.05, 4.69) is 13.8 Å². The molecule has 0 aromatic carbocycles. The summed E-state index contributed by atoms with van der Waals surface area (Å²) in [6.07, 6.45) is 1.22. The Morgan fingerprint density at radius 3 is 2.14 bits per heavy atom. The van der Waals surface area contributed by atoms with E-state index in [1.807, 2.05) is 6.92 Å². The van der Waals surface area contributed by atoms with Gasteiger partial charge >= 0.3 is 5.97 Å². The van der Waals surface area contributed by atoms with E-state index in [9.17, 15) is 9.90 Å². The molecule has 0 aromatic heterocycles. The van der Waals surface area contributed by atoms with Crippen LogP contribution in [0.15, 0.2) is 0 Å². The van der Waals surface area contributed by atoms with Crippen LogP contribution in [0, 0.1) is 17.8 Å². The van der Waals surface area contributed by atoms with Crippen molar-refractivity contribution in [3.05, 3.63) is 0 Å². The van der Waals surface area contributed by atoms with E-state index < -0.39 is 18.0 Å². The maximum absolute atomic E-state index is 10.6. The molecule has 3 heteroatoms. The van der Waals surface area contributed by atoms with Gasteiger partial charge in [-0.05, 0) is 25.2 Å². The van der Waals surface area contributed by atoms with Crippen LogP contribution in [0.25, 0.3) is 0 Å². The molecule has 0 saturated carbocycles. The van der Waals surface area contributed by atoms with E-state index in [0.717, 1.165) is 12.8 Å². The summed E-state index contributed by atoms with van der Waals surface area (Å²) in [6.45, 7) is 7.69. The Hall–Kier alpha value is -0.570. The second kappa shape index (κ2) is 6.02. The molecule has 0 fully saturated rings. The minimum Gasteiger partial charge on any atom is -0.481 e. The molecule has 0 aliphatic heterocycles. The van der Waals surface area contributed by atoms with Gasteiger partial charge in [0.25, 0.3) is 0 Å². The highest BCUT2D eigenvalue weighted by Crippen LogP contribution is 2.22. The predicted molar refractivity (Wildman–Crippen MR) is 56.0 cm³/mol. The lowest BCUT2D eigenvalue weighted by molar-refractivity contribution is -0.146. The lowest BCUT2D eigenvalue weighted by Crippen LogP contribution is -2.31. The zero-order valence-electron chi connectivity index (χ0n) is 9.53. The Morgan fingerprint density at radius 1 is 1.29 bits per heavy atom. The number of carboxylic acid groups (broad SMARTS) is 1. The second-order valence-electron chi connectivity index (χ2n) is 4.34. The van der Waals surface area contributed by atoms with Crippen LogP contribution in [0.1, 0.15) is 40.5 Å². The fourth-order valence-electron chi connectivity index (χ4n) is 1.58. The van der Waals surface area contributed by atoms with E-state index in [4.69, 9.17) is 5.11 Å². The van der Waals surface area contributed by atoms with Crippen molar-refractivity contribution < 1.29 is 15.0 Å². The van der Waals surface area contributed by atoms with E-state index in [-0.39, 0.29) is 5.92 Å². The zero-order chi connectivity index (χ0) is 11.3. The summed E-state index contributed by atoms with van der Waals surface area (Å²) in [5, 5.41) is 18.5. The van der Waals surface area contributed by atoms with Crippen LogP contribution in [-0.2, 0) is 4.79 Å². The number of carbonyl (C=O) groups is 1. The highest BCUT2D eigenvalue weighted by atomic mass is 16.4.